The number of nitrogens with zero attached hydrogens (tertiary/aromatic N) is 1. The zero-order valence-corrected chi connectivity index (χ0v) is 12.9. The number of piperidine rings is 1. The first kappa shape index (κ1) is 17.7. The Morgan fingerprint density at radius 2 is 2.19 bits per heavy atom. The van der Waals surface area contributed by atoms with Gasteiger partial charge in [0.05, 0.1) is 0 Å². The maximum Gasteiger partial charge on any atom is 0.260 e. The van der Waals surface area contributed by atoms with E-state index in [0.717, 1.165) is 19.3 Å². The third-order valence-electron chi connectivity index (χ3n) is 3.66. The largest absolute Gasteiger partial charge is 0.481 e. The van der Waals surface area contributed by atoms with E-state index in [1.807, 2.05) is 6.92 Å². The summed E-state index contributed by atoms with van der Waals surface area (Å²) >= 11 is 0. The summed E-state index contributed by atoms with van der Waals surface area (Å²) in [7, 11) is 0. The van der Waals surface area contributed by atoms with Crippen molar-refractivity contribution in [3.05, 3.63) is 30.1 Å². The highest BCUT2D eigenvalue weighted by Gasteiger charge is 2.29. The first-order valence-corrected chi connectivity index (χ1v) is 7.02. The van der Waals surface area contributed by atoms with E-state index in [1.54, 1.807) is 17.0 Å². The van der Waals surface area contributed by atoms with Crippen molar-refractivity contribution < 1.29 is 13.9 Å². The number of likely N-dealkylation sites (tertiary alicyclic amines) is 1. The minimum absolute atomic E-state index is 0. The summed E-state index contributed by atoms with van der Waals surface area (Å²) in [5.74, 6) is -0.479. The van der Waals surface area contributed by atoms with Crippen LogP contribution in [0.15, 0.2) is 24.3 Å². The average molecular weight is 317 g/mol. The predicted molar refractivity (Wildman–Crippen MR) is 82.1 cm³/mol. The van der Waals surface area contributed by atoms with Gasteiger partial charge < -0.3 is 15.4 Å². The van der Waals surface area contributed by atoms with Crippen LogP contribution in [-0.2, 0) is 4.79 Å². The van der Waals surface area contributed by atoms with Gasteiger partial charge in [0.1, 0.15) is 0 Å². The Morgan fingerprint density at radius 1 is 1.48 bits per heavy atom. The van der Waals surface area contributed by atoms with Crippen LogP contribution in [0.2, 0.25) is 0 Å². The van der Waals surface area contributed by atoms with Gasteiger partial charge in [-0.2, -0.15) is 0 Å². The molecule has 1 amide bonds. The number of para-hydroxylation sites is 1. The molecule has 6 heteroatoms. The van der Waals surface area contributed by atoms with Crippen LogP contribution in [0.25, 0.3) is 0 Å². The number of hydrogen-bond donors (Lipinski definition) is 1. The molecular formula is C15H22ClFN2O2. The minimum atomic E-state index is -0.456. The molecule has 118 valence electrons. The van der Waals surface area contributed by atoms with Crippen molar-refractivity contribution in [3.63, 3.8) is 0 Å². The third kappa shape index (κ3) is 4.58. The zero-order chi connectivity index (χ0) is 14.5. The van der Waals surface area contributed by atoms with Gasteiger partial charge in [-0.05, 0) is 38.3 Å². The zero-order valence-electron chi connectivity index (χ0n) is 12.1. The van der Waals surface area contributed by atoms with Crippen LogP contribution in [0.5, 0.6) is 5.75 Å². The van der Waals surface area contributed by atoms with Gasteiger partial charge in [0.15, 0.2) is 18.2 Å². The van der Waals surface area contributed by atoms with Crippen molar-refractivity contribution in [3.8, 4) is 5.75 Å². The molecule has 1 heterocycles. The summed E-state index contributed by atoms with van der Waals surface area (Å²) in [6.45, 7) is 2.46. The number of amides is 1. The van der Waals surface area contributed by atoms with Crippen molar-refractivity contribution in [2.75, 3.05) is 13.2 Å². The van der Waals surface area contributed by atoms with E-state index in [1.165, 1.54) is 12.1 Å². The molecule has 0 saturated carbocycles. The average Bonchev–Trinajstić information content (AvgIpc) is 2.46. The number of rotatable bonds is 4. The molecule has 0 spiro atoms. The predicted octanol–water partition coefficient (Wildman–Crippen LogP) is 2.35. The molecule has 1 saturated heterocycles. The lowest BCUT2D eigenvalue weighted by molar-refractivity contribution is -0.137. The van der Waals surface area contributed by atoms with E-state index in [0.29, 0.717) is 6.54 Å². The van der Waals surface area contributed by atoms with Crippen molar-refractivity contribution in [2.45, 2.75) is 38.3 Å². The lowest BCUT2D eigenvalue weighted by Gasteiger charge is -2.38. The van der Waals surface area contributed by atoms with E-state index >= 15 is 0 Å². The van der Waals surface area contributed by atoms with Gasteiger partial charge in [-0.1, -0.05) is 12.1 Å². The van der Waals surface area contributed by atoms with Crippen molar-refractivity contribution in [1.82, 2.24) is 4.90 Å². The number of carbonyl (C=O) groups is 1. The molecule has 1 fully saturated rings. The Morgan fingerprint density at radius 3 is 2.86 bits per heavy atom. The summed E-state index contributed by atoms with van der Waals surface area (Å²) in [5.41, 5.74) is 5.93. The Labute approximate surface area is 130 Å². The quantitative estimate of drug-likeness (QED) is 0.927. The lowest BCUT2D eigenvalue weighted by atomic mass is 9.97. The second kappa shape index (κ2) is 8.20. The van der Waals surface area contributed by atoms with E-state index in [2.05, 4.69) is 0 Å². The molecule has 2 unspecified atom stereocenters. The highest BCUT2D eigenvalue weighted by Crippen LogP contribution is 2.20. The van der Waals surface area contributed by atoms with Crippen LogP contribution in [0, 0.1) is 5.82 Å². The smallest absolute Gasteiger partial charge is 0.260 e. The van der Waals surface area contributed by atoms with Crippen LogP contribution in [0.4, 0.5) is 4.39 Å². The van der Waals surface area contributed by atoms with Crippen molar-refractivity contribution in [2.24, 2.45) is 5.73 Å². The topological polar surface area (TPSA) is 55.6 Å². The fourth-order valence-corrected chi connectivity index (χ4v) is 2.60. The summed E-state index contributed by atoms with van der Waals surface area (Å²) in [4.78, 5) is 14.0. The van der Waals surface area contributed by atoms with E-state index in [9.17, 15) is 9.18 Å². The SMILES string of the molecule is CC(N)C1CCCCN1C(=O)COc1ccccc1F.Cl. The first-order valence-electron chi connectivity index (χ1n) is 7.02. The van der Waals surface area contributed by atoms with Gasteiger partial charge in [0.2, 0.25) is 0 Å². The van der Waals surface area contributed by atoms with Crippen LogP contribution >= 0.6 is 12.4 Å². The monoisotopic (exact) mass is 316 g/mol. The molecule has 4 nitrogen and oxygen atoms in total. The summed E-state index contributed by atoms with van der Waals surface area (Å²) in [6.07, 6.45) is 2.99. The van der Waals surface area contributed by atoms with Gasteiger partial charge >= 0.3 is 0 Å². The molecule has 1 aromatic carbocycles. The number of nitrogens with two attached hydrogens (primary N) is 1. The molecular weight excluding hydrogens is 295 g/mol. The highest BCUT2D eigenvalue weighted by molar-refractivity contribution is 5.85. The van der Waals surface area contributed by atoms with Crippen LogP contribution in [-0.4, -0.2) is 36.0 Å². The molecule has 0 aromatic heterocycles. The van der Waals surface area contributed by atoms with Crippen LogP contribution in [0.1, 0.15) is 26.2 Å². The molecule has 0 radical (unpaired) electrons. The van der Waals surface area contributed by atoms with Gasteiger partial charge in [-0.3, -0.25) is 4.79 Å². The maximum atomic E-state index is 13.4. The first-order chi connectivity index (χ1) is 9.59. The molecule has 21 heavy (non-hydrogen) atoms. The minimum Gasteiger partial charge on any atom is -0.481 e. The Balaban J connectivity index is 0.00000220. The number of halogens is 2. The molecule has 1 aliphatic rings. The molecule has 1 aliphatic heterocycles. The van der Waals surface area contributed by atoms with Gasteiger partial charge in [0.25, 0.3) is 5.91 Å². The summed E-state index contributed by atoms with van der Waals surface area (Å²) in [5, 5.41) is 0. The number of hydrogen-bond acceptors (Lipinski definition) is 3. The maximum absolute atomic E-state index is 13.4. The third-order valence-corrected chi connectivity index (χ3v) is 3.66. The van der Waals surface area contributed by atoms with Crippen LogP contribution in [0.3, 0.4) is 0 Å². The molecule has 0 aliphatic carbocycles. The van der Waals surface area contributed by atoms with E-state index in [-0.39, 0.29) is 42.8 Å². The Kier molecular flexibility index (Phi) is 6.92. The van der Waals surface area contributed by atoms with Gasteiger partial charge in [-0.15, -0.1) is 12.4 Å². The Hall–Kier alpha value is -1.33. The van der Waals surface area contributed by atoms with E-state index in [4.69, 9.17) is 10.5 Å². The summed E-state index contributed by atoms with van der Waals surface area (Å²) in [6, 6.07) is 6.08. The second-order valence-electron chi connectivity index (χ2n) is 5.23. The molecule has 2 atom stereocenters. The van der Waals surface area contributed by atoms with Crippen LogP contribution < -0.4 is 10.5 Å². The normalized spacial score (nSPS) is 19.6. The molecule has 2 N–H and O–H groups in total. The molecule has 1 aromatic rings. The van der Waals surface area contributed by atoms with Crippen molar-refractivity contribution >= 4 is 18.3 Å². The second-order valence-corrected chi connectivity index (χ2v) is 5.23. The number of carbonyl (C=O) groups excluding carboxylic acids is 1. The highest BCUT2D eigenvalue weighted by atomic mass is 35.5. The summed E-state index contributed by atoms with van der Waals surface area (Å²) < 4.78 is 18.7. The van der Waals surface area contributed by atoms with Gasteiger partial charge in [0, 0.05) is 18.6 Å². The fourth-order valence-electron chi connectivity index (χ4n) is 2.60. The molecule has 2 rings (SSSR count). The number of benzene rings is 1. The van der Waals surface area contributed by atoms with E-state index < -0.39 is 5.82 Å². The standard InChI is InChI=1S/C15H21FN2O2.ClH/c1-11(17)13-7-4-5-9-18(13)15(19)10-20-14-8-3-2-6-12(14)16;/h2-3,6,8,11,13H,4-5,7,9-10,17H2,1H3;1H. The number of ether oxygens (including phenoxy) is 1. The molecule has 0 bridgehead atoms. The van der Waals surface area contributed by atoms with Crippen molar-refractivity contribution in [1.29, 1.82) is 0 Å². The fraction of sp³-hybridized carbons (Fsp3) is 0.533. The lowest BCUT2D eigenvalue weighted by Crippen LogP contribution is -2.52. The Bertz CT molecular complexity index is 471. The van der Waals surface area contributed by atoms with Gasteiger partial charge in [-0.25, -0.2) is 4.39 Å².